The molecule has 218 valence electrons. The second kappa shape index (κ2) is 12.2. The van der Waals surface area contributed by atoms with Crippen LogP contribution >= 0.6 is 0 Å². The van der Waals surface area contributed by atoms with Crippen LogP contribution in [0.1, 0.15) is 63.5 Å². The molecule has 3 N–H and O–H groups in total. The van der Waals surface area contributed by atoms with Crippen LogP contribution < -0.4 is 20.7 Å². The molecule has 5 atom stereocenters. The van der Waals surface area contributed by atoms with Crippen LogP contribution in [0.5, 0.6) is 5.75 Å². The zero-order valence-electron chi connectivity index (χ0n) is 23.2. The van der Waals surface area contributed by atoms with E-state index >= 15 is 0 Å². The van der Waals surface area contributed by atoms with Crippen molar-refractivity contribution in [2.24, 2.45) is 0 Å². The predicted octanol–water partition coefficient (Wildman–Crippen LogP) is 2.17. The predicted molar refractivity (Wildman–Crippen MR) is 144 cm³/mol. The number of fused-ring (bicyclic) bond motifs is 2. The van der Waals surface area contributed by atoms with Crippen molar-refractivity contribution >= 4 is 17.7 Å². The number of benzene rings is 1. The number of hydrogen-bond acceptors (Lipinski definition) is 6. The zero-order valence-corrected chi connectivity index (χ0v) is 23.2. The minimum absolute atomic E-state index is 0.0795. The molecule has 5 unspecified atom stereocenters. The summed E-state index contributed by atoms with van der Waals surface area (Å²) in [6.45, 7) is 3.51. The molecule has 3 aliphatic heterocycles. The highest BCUT2D eigenvalue weighted by atomic mass is 19.1. The number of halogens is 2. The van der Waals surface area contributed by atoms with E-state index in [1.54, 1.807) is 18.9 Å². The molecule has 3 amide bonds. The molecule has 11 heteroatoms. The first kappa shape index (κ1) is 28.5. The molecule has 0 radical (unpaired) electrons. The molecule has 0 spiro atoms. The third-order valence-corrected chi connectivity index (χ3v) is 8.72. The third-order valence-electron chi connectivity index (χ3n) is 8.72. The summed E-state index contributed by atoms with van der Waals surface area (Å²) in [6.07, 6.45) is 7.79. The molecule has 1 aromatic carbocycles. The van der Waals surface area contributed by atoms with Gasteiger partial charge in [-0.15, -0.1) is 0 Å². The van der Waals surface area contributed by atoms with Crippen LogP contribution in [0.25, 0.3) is 0 Å². The number of carbonyl (C=O) groups excluding carboxylic acids is 3. The largest absolute Gasteiger partial charge is 0.493 e. The fourth-order valence-corrected chi connectivity index (χ4v) is 6.35. The van der Waals surface area contributed by atoms with Crippen molar-refractivity contribution in [2.45, 2.75) is 82.1 Å². The van der Waals surface area contributed by atoms with Gasteiger partial charge in [-0.05, 0) is 64.6 Å². The van der Waals surface area contributed by atoms with Crippen LogP contribution in [-0.2, 0) is 14.4 Å². The van der Waals surface area contributed by atoms with Crippen molar-refractivity contribution < 1.29 is 27.9 Å². The van der Waals surface area contributed by atoms with E-state index in [2.05, 4.69) is 20.9 Å². The monoisotopic (exact) mass is 559 g/mol. The number of allylic oxidation sites excluding steroid dienone is 1. The van der Waals surface area contributed by atoms with Gasteiger partial charge < -0.3 is 25.6 Å². The van der Waals surface area contributed by atoms with E-state index in [-0.39, 0.29) is 35.8 Å². The van der Waals surface area contributed by atoms with Gasteiger partial charge in [0, 0.05) is 37.7 Å². The Hall–Kier alpha value is -3.05. The van der Waals surface area contributed by atoms with Gasteiger partial charge in [-0.3, -0.25) is 19.3 Å². The van der Waals surface area contributed by atoms with Crippen molar-refractivity contribution in [3.05, 3.63) is 41.0 Å². The Balaban J connectivity index is 1.41. The quantitative estimate of drug-likeness (QED) is 0.443. The molecule has 0 bridgehead atoms. The van der Waals surface area contributed by atoms with Crippen LogP contribution in [0.4, 0.5) is 8.78 Å². The zero-order chi connectivity index (χ0) is 28.4. The molecule has 2 saturated heterocycles. The number of hydrogen-bond donors (Lipinski definition) is 3. The molecular weight excluding hydrogens is 520 g/mol. The summed E-state index contributed by atoms with van der Waals surface area (Å²) in [4.78, 5) is 44.9. The Bertz CT molecular complexity index is 1180. The maximum absolute atomic E-state index is 14.8. The van der Waals surface area contributed by atoms with E-state index in [0.717, 1.165) is 56.4 Å². The minimum atomic E-state index is -0.851. The number of likely N-dealkylation sites (N-methyl/N-ethyl adjacent to an activating group) is 1. The summed E-state index contributed by atoms with van der Waals surface area (Å²) in [5, 5.41) is 8.81. The smallest absolute Gasteiger partial charge is 0.250 e. The molecule has 9 nitrogen and oxygen atoms in total. The third kappa shape index (κ3) is 5.85. The maximum Gasteiger partial charge on any atom is 0.250 e. The molecule has 40 heavy (non-hydrogen) atoms. The van der Waals surface area contributed by atoms with Gasteiger partial charge in [0.05, 0.1) is 24.3 Å². The SMILES string of the molecule is CNC(C)C(=O)NC(C(=O)N1CC2CCCN2CC1C(=O)NC1CCOc2cc(F)cc(F)c21)C1=CCCCC1. The number of nitrogens with zero attached hydrogens (tertiary/aromatic N) is 2. The Morgan fingerprint density at radius 2 is 1.93 bits per heavy atom. The van der Waals surface area contributed by atoms with E-state index < -0.39 is 41.7 Å². The van der Waals surface area contributed by atoms with E-state index in [1.165, 1.54) is 0 Å². The van der Waals surface area contributed by atoms with Gasteiger partial charge in [0.2, 0.25) is 17.7 Å². The average Bonchev–Trinajstić information content (AvgIpc) is 3.42. The molecule has 1 aromatic rings. The first-order valence-electron chi connectivity index (χ1n) is 14.4. The normalized spacial score (nSPS) is 26.1. The topological polar surface area (TPSA) is 103 Å². The van der Waals surface area contributed by atoms with Gasteiger partial charge in [-0.2, -0.15) is 0 Å². The molecule has 5 rings (SSSR count). The van der Waals surface area contributed by atoms with Crippen LogP contribution in [0, 0.1) is 11.6 Å². The average molecular weight is 560 g/mol. The molecule has 1 aliphatic carbocycles. The first-order valence-corrected chi connectivity index (χ1v) is 14.4. The number of amides is 3. The summed E-state index contributed by atoms with van der Waals surface area (Å²) in [5.74, 6) is -2.42. The molecular formula is C29H39F2N5O4. The number of ether oxygens (including phenoxy) is 1. The summed E-state index contributed by atoms with van der Waals surface area (Å²) in [6, 6.07) is -0.811. The molecule has 4 aliphatic rings. The summed E-state index contributed by atoms with van der Waals surface area (Å²) >= 11 is 0. The maximum atomic E-state index is 14.8. The molecule has 3 heterocycles. The van der Waals surface area contributed by atoms with Gasteiger partial charge >= 0.3 is 0 Å². The standard InChI is InChI=1S/C29H39F2N5O4/c1-17(32-2)27(37)34-26(18-7-4-3-5-8-18)29(39)36-15-20-9-6-11-35(20)16-23(36)28(38)33-22-10-12-40-24-14-19(30)13-21(31)25(22)24/h7,13-14,17,20,22-23,26,32H,3-6,8-12,15-16H2,1-2H3,(H,33,38)(H,34,37). The summed E-state index contributed by atoms with van der Waals surface area (Å²) in [5.41, 5.74) is 0.996. The number of piperazine rings is 1. The van der Waals surface area contributed by atoms with Gasteiger partial charge in [-0.25, -0.2) is 8.78 Å². The highest BCUT2D eigenvalue weighted by molar-refractivity contribution is 5.95. The summed E-state index contributed by atoms with van der Waals surface area (Å²) < 4.78 is 34.1. The number of rotatable bonds is 7. The Labute approximate surface area is 233 Å². The van der Waals surface area contributed by atoms with E-state index in [9.17, 15) is 23.2 Å². The highest BCUT2D eigenvalue weighted by Crippen LogP contribution is 2.35. The van der Waals surface area contributed by atoms with Crippen molar-refractivity contribution in [2.75, 3.05) is 33.3 Å². The van der Waals surface area contributed by atoms with Crippen molar-refractivity contribution in [1.29, 1.82) is 0 Å². The Morgan fingerprint density at radius 1 is 1.10 bits per heavy atom. The van der Waals surface area contributed by atoms with Gasteiger partial charge in [-0.1, -0.05) is 6.08 Å². The highest BCUT2D eigenvalue weighted by Gasteiger charge is 2.45. The van der Waals surface area contributed by atoms with E-state index in [0.29, 0.717) is 25.9 Å². The van der Waals surface area contributed by atoms with E-state index in [1.807, 2.05) is 6.08 Å². The van der Waals surface area contributed by atoms with Gasteiger partial charge in [0.15, 0.2) is 0 Å². The lowest BCUT2D eigenvalue weighted by molar-refractivity contribution is -0.147. The van der Waals surface area contributed by atoms with Gasteiger partial charge in [0.25, 0.3) is 0 Å². The lowest BCUT2D eigenvalue weighted by Gasteiger charge is -2.44. The van der Waals surface area contributed by atoms with E-state index in [4.69, 9.17) is 4.74 Å². The second-order valence-corrected chi connectivity index (χ2v) is 11.3. The van der Waals surface area contributed by atoms with Crippen LogP contribution in [0.2, 0.25) is 0 Å². The molecule has 0 saturated carbocycles. The summed E-state index contributed by atoms with van der Waals surface area (Å²) in [7, 11) is 1.69. The fourth-order valence-electron chi connectivity index (χ4n) is 6.35. The van der Waals surface area contributed by atoms with Gasteiger partial charge in [0.1, 0.15) is 29.5 Å². The number of carbonyl (C=O) groups is 3. The Morgan fingerprint density at radius 3 is 2.67 bits per heavy atom. The second-order valence-electron chi connectivity index (χ2n) is 11.3. The lowest BCUT2D eigenvalue weighted by Crippen LogP contribution is -2.66. The first-order chi connectivity index (χ1) is 19.3. The molecule has 2 fully saturated rings. The van der Waals surface area contributed by atoms with Crippen molar-refractivity contribution in [3.8, 4) is 5.75 Å². The fraction of sp³-hybridized carbons (Fsp3) is 0.621. The van der Waals surface area contributed by atoms with Crippen LogP contribution in [-0.4, -0.2) is 85.0 Å². The Kier molecular flexibility index (Phi) is 8.70. The van der Waals surface area contributed by atoms with Crippen molar-refractivity contribution in [3.63, 3.8) is 0 Å². The number of nitrogens with one attached hydrogen (secondary N) is 3. The van der Waals surface area contributed by atoms with Crippen LogP contribution in [0.15, 0.2) is 23.8 Å². The molecule has 0 aromatic heterocycles. The van der Waals surface area contributed by atoms with Crippen molar-refractivity contribution in [1.82, 2.24) is 25.8 Å². The van der Waals surface area contributed by atoms with Crippen LogP contribution in [0.3, 0.4) is 0 Å². The minimum Gasteiger partial charge on any atom is -0.493 e. The lowest BCUT2D eigenvalue weighted by atomic mass is 9.91.